The Balaban J connectivity index is 1.99. The quantitative estimate of drug-likeness (QED) is 0.864. The van der Waals surface area contributed by atoms with Crippen molar-refractivity contribution in [2.24, 2.45) is 5.41 Å². The van der Waals surface area contributed by atoms with Crippen LogP contribution in [0.3, 0.4) is 0 Å². The summed E-state index contributed by atoms with van der Waals surface area (Å²) in [6, 6.07) is 8.09. The van der Waals surface area contributed by atoms with Crippen molar-refractivity contribution in [2.75, 3.05) is 40.5 Å². The molecule has 4 nitrogen and oxygen atoms in total. The molecule has 1 fully saturated rings. The average Bonchev–Trinajstić information content (AvgIpc) is 2.48. The summed E-state index contributed by atoms with van der Waals surface area (Å²) in [5, 5.41) is 9.75. The SMILES string of the molecule is COc1ccccc1CN(C)CC1(CO)CCOCC1. The van der Waals surface area contributed by atoms with Crippen LogP contribution >= 0.6 is 0 Å². The first kappa shape index (κ1) is 15.3. The van der Waals surface area contributed by atoms with E-state index in [1.807, 2.05) is 18.2 Å². The minimum absolute atomic E-state index is 0.0188. The summed E-state index contributed by atoms with van der Waals surface area (Å²) in [6.07, 6.45) is 1.86. The van der Waals surface area contributed by atoms with Gasteiger partial charge in [-0.3, -0.25) is 0 Å². The first-order chi connectivity index (χ1) is 9.69. The van der Waals surface area contributed by atoms with E-state index in [9.17, 15) is 5.11 Å². The summed E-state index contributed by atoms with van der Waals surface area (Å²) < 4.78 is 10.8. The van der Waals surface area contributed by atoms with Crippen molar-refractivity contribution in [2.45, 2.75) is 19.4 Å². The molecule has 1 aliphatic heterocycles. The second kappa shape index (κ2) is 7.07. The van der Waals surface area contributed by atoms with Crippen LogP contribution in [0.25, 0.3) is 0 Å². The van der Waals surface area contributed by atoms with Gasteiger partial charge in [0, 0.05) is 37.3 Å². The zero-order chi connectivity index (χ0) is 14.4. The molecule has 2 rings (SSSR count). The smallest absolute Gasteiger partial charge is 0.123 e. The Morgan fingerprint density at radius 2 is 2.00 bits per heavy atom. The van der Waals surface area contributed by atoms with E-state index in [4.69, 9.17) is 9.47 Å². The maximum absolute atomic E-state index is 9.75. The fraction of sp³-hybridized carbons (Fsp3) is 0.625. The number of para-hydroxylation sites is 1. The van der Waals surface area contributed by atoms with Gasteiger partial charge in [-0.2, -0.15) is 0 Å². The lowest BCUT2D eigenvalue weighted by molar-refractivity contribution is -0.0318. The molecule has 1 aromatic rings. The zero-order valence-electron chi connectivity index (χ0n) is 12.5. The molecule has 1 heterocycles. The van der Waals surface area contributed by atoms with Gasteiger partial charge in [-0.1, -0.05) is 18.2 Å². The van der Waals surface area contributed by atoms with Crippen molar-refractivity contribution in [3.8, 4) is 5.75 Å². The minimum Gasteiger partial charge on any atom is -0.496 e. The normalized spacial score (nSPS) is 18.2. The first-order valence-corrected chi connectivity index (χ1v) is 7.18. The van der Waals surface area contributed by atoms with Crippen molar-refractivity contribution in [3.05, 3.63) is 29.8 Å². The Hall–Kier alpha value is -1.10. The summed E-state index contributed by atoms with van der Waals surface area (Å²) in [7, 11) is 3.80. The Morgan fingerprint density at radius 1 is 1.30 bits per heavy atom. The van der Waals surface area contributed by atoms with Gasteiger partial charge < -0.3 is 19.5 Å². The van der Waals surface area contributed by atoms with Crippen LogP contribution in [0.2, 0.25) is 0 Å². The standard InChI is InChI=1S/C16H25NO3/c1-17(11-14-5-3-4-6-15(14)19-2)12-16(13-18)7-9-20-10-8-16/h3-6,18H,7-13H2,1-2H3. The van der Waals surface area contributed by atoms with E-state index >= 15 is 0 Å². The van der Waals surface area contributed by atoms with Gasteiger partial charge >= 0.3 is 0 Å². The van der Waals surface area contributed by atoms with Crippen molar-refractivity contribution < 1.29 is 14.6 Å². The maximum atomic E-state index is 9.75. The van der Waals surface area contributed by atoms with Crippen LogP contribution in [0.4, 0.5) is 0 Å². The maximum Gasteiger partial charge on any atom is 0.123 e. The number of benzene rings is 1. The molecule has 0 radical (unpaired) electrons. The first-order valence-electron chi connectivity index (χ1n) is 7.18. The highest BCUT2D eigenvalue weighted by molar-refractivity contribution is 5.33. The van der Waals surface area contributed by atoms with Gasteiger partial charge in [0.1, 0.15) is 5.75 Å². The van der Waals surface area contributed by atoms with Gasteiger partial charge in [0.15, 0.2) is 0 Å². The molecular weight excluding hydrogens is 254 g/mol. The highest BCUT2D eigenvalue weighted by Gasteiger charge is 2.33. The molecule has 0 bridgehead atoms. The van der Waals surface area contributed by atoms with E-state index in [1.165, 1.54) is 5.56 Å². The predicted molar refractivity (Wildman–Crippen MR) is 78.9 cm³/mol. The molecule has 1 aliphatic rings. The summed E-state index contributed by atoms with van der Waals surface area (Å²) >= 11 is 0. The number of hydrogen-bond acceptors (Lipinski definition) is 4. The summed E-state index contributed by atoms with van der Waals surface area (Å²) in [5.74, 6) is 0.921. The number of nitrogens with zero attached hydrogens (tertiary/aromatic N) is 1. The molecule has 0 aromatic heterocycles. The number of ether oxygens (including phenoxy) is 2. The third kappa shape index (κ3) is 3.72. The van der Waals surface area contributed by atoms with Gasteiger partial charge in [-0.15, -0.1) is 0 Å². The average molecular weight is 279 g/mol. The summed E-state index contributed by atoms with van der Waals surface area (Å²) in [4.78, 5) is 2.26. The third-order valence-electron chi connectivity index (χ3n) is 4.13. The van der Waals surface area contributed by atoms with Gasteiger partial charge in [-0.25, -0.2) is 0 Å². The zero-order valence-corrected chi connectivity index (χ0v) is 12.5. The van der Waals surface area contributed by atoms with E-state index in [1.54, 1.807) is 7.11 Å². The predicted octanol–water partition coefficient (Wildman–Crippen LogP) is 1.92. The molecule has 112 valence electrons. The second-order valence-corrected chi connectivity index (χ2v) is 5.75. The molecule has 0 atom stereocenters. The van der Waals surface area contributed by atoms with E-state index in [-0.39, 0.29) is 12.0 Å². The van der Waals surface area contributed by atoms with Crippen LogP contribution in [-0.2, 0) is 11.3 Å². The summed E-state index contributed by atoms with van der Waals surface area (Å²) in [6.45, 7) is 3.44. The van der Waals surface area contributed by atoms with Gasteiger partial charge in [0.2, 0.25) is 0 Å². The lowest BCUT2D eigenvalue weighted by atomic mass is 9.80. The Kier molecular flexibility index (Phi) is 5.40. The van der Waals surface area contributed by atoms with Crippen molar-refractivity contribution in [1.82, 2.24) is 4.90 Å². The van der Waals surface area contributed by atoms with E-state index < -0.39 is 0 Å². The highest BCUT2D eigenvalue weighted by atomic mass is 16.5. The number of rotatable bonds is 6. The molecule has 0 saturated carbocycles. The molecule has 1 saturated heterocycles. The Labute approximate surface area is 121 Å². The molecule has 0 aliphatic carbocycles. The monoisotopic (exact) mass is 279 g/mol. The molecule has 20 heavy (non-hydrogen) atoms. The summed E-state index contributed by atoms with van der Waals surface area (Å²) in [5.41, 5.74) is 1.16. The lowest BCUT2D eigenvalue weighted by Gasteiger charge is -2.38. The van der Waals surface area contributed by atoms with Crippen LogP contribution < -0.4 is 4.74 Å². The van der Waals surface area contributed by atoms with Crippen molar-refractivity contribution in [1.29, 1.82) is 0 Å². The number of aliphatic hydroxyl groups is 1. The highest BCUT2D eigenvalue weighted by Crippen LogP contribution is 2.31. The van der Waals surface area contributed by atoms with Crippen molar-refractivity contribution >= 4 is 0 Å². The number of hydrogen-bond donors (Lipinski definition) is 1. The van der Waals surface area contributed by atoms with E-state index in [0.717, 1.165) is 44.9 Å². The van der Waals surface area contributed by atoms with Gasteiger partial charge in [0.25, 0.3) is 0 Å². The fourth-order valence-corrected chi connectivity index (χ4v) is 2.92. The Morgan fingerprint density at radius 3 is 2.65 bits per heavy atom. The third-order valence-corrected chi connectivity index (χ3v) is 4.13. The molecule has 1 aromatic carbocycles. The van der Waals surface area contributed by atoms with Crippen molar-refractivity contribution in [3.63, 3.8) is 0 Å². The second-order valence-electron chi connectivity index (χ2n) is 5.75. The fourth-order valence-electron chi connectivity index (χ4n) is 2.92. The van der Waals surface area contributed by atoms with Crippen LogP contribution in [-0.4, -0.2) is 50.5 Å². The van der Waals surface area contributed by atoms with Crippen LogP contribution in [0.5, 0.6) is 5.75 Å². The molecule has 1 N–H and O–H groups in total. The molecule has 0 unspecified atom stereocenters. The topological polar surface area (TPSA) is 41.9 Å². The molecule has 0 spiro atoms. The number of methoxy groups -OCH3 is 1. The van der Waals surface area contributed by atoms with Crippen LogP contribution in [0, 0.1) is 5.41 Å². The van der Waals surface area contributed by atoms with Gasteiger partial charge in [0.05, 0.1) is 13.7 Å². The van der Waals surface area contributed by atoms with Gasteiger partial charge in [-0.05, 0) is 26.0 Å². The number of aliphatic hydroxyl groups excluding tert-OH is 1. The lowest BCUT2D eigenvalue weighted by Crippen LogP contribution is -2.42. The Bertz CT molecular complexity index is 416. The largest absolute Gasteiger partial charge is 0.496 e. The molecular formula is C16H25NO3. The van der Waals surface area contributed by atoms with E-state index in [0.29, 0.717) is 0 Å². The molecule has 4 heteroatoms. The van der Waals surface area contributed by atoms with Crippen LogP contribution in [0.15, 0.2) is 24.3 Å². The van der Waals surface area contributed by atoms with E-state index in [2.05, 4.69) is 18.0 Å². The minimum atomic E-state index is -0.0188. The van der Waals surface area contributed by atoms with Crippen LogP contribution in [0.1, 0.15) is 18.4 Å². The molecule has 0 amide bonds.